The van der Waals surface area contributed by atoms with E-state index in [9.17, 15) is 14.0 Å². The van der Waals surface area contributed by atoms with Crippen LogP contribution in [0.2, 0.25) is 0 Å². The molecule has 2 amide bonds. The second kappa shape index (κ2) is 4.53. The molecule has 0 aliphatic heterocycles. The van der Waals surface area contributed by atoms with E-state index < -0.39 is 11.1 Å². The fourth-order valence-electron chi connectivity index (χ4n) is 3.33. The van der Waals surface area contributed by atoms with Gasteiger partial charge >= 0.3 is 0 Å². The number of aryl methyl sites for hydroxylation is 1. The lowest BCUT2D eigenvalue weighted by Gasteiger charge is -2.64. The molecule has 3 fully saturated rings. The third kappa shape index (κ3) is 2.16. The zero-order chi connectivity index (χ0) is 15.4. The summed E-state index contributed by atoms with van der Waals surface area (Å²) < 4.78 is 14.2. The van der Waals surface area contributed by atoms with Gasteiger partial charge < -0.3 is 10.6 Å². The quantitative estimate of drug-likeness (QED) is 0.876. The summed E-state index contributed by atoms with van der Waals surface area (Å²) in [4.78, 5) is 24.3. The molecule has 1 aromatic carbocycles. The Morgan fingerprint density at radius 2 is 1.90 bits per heavy atom. The average Bonchev–Trinajstić information content (AvgIpc) is 2.35. The van der Waals surface area contributed by atoms with E-state index in [1.54, 1.807) is 6.07 Å². The van der Waals surface area contributed by atoms with Crippen molar-refractivity contribution in [2.45, 2.75) is 31.9 Å². The van der Waals surface area contributed by atoms with Crippen LogP contribution in [0.3, 0.4) is 0 Å². The first kappa shape index (κ1) is 14.5. The van der Waals surface area contributed by atoms with Crippen molar-refractivity contribution in [3.8, 4) is 0 Å². The van der Waals surface area contributed by atoms with Crippen molar-refractivity contribution in [2.75, 3.05) is 12.4 Å². The monoisotopic (exact) mass is 354 g/mol. The Balaban J connectivity index is 1.88. The van der Waals surface area contributed by atoms with Gasteiger partial charge in [-0.2, -0.15) is 0 Å². The number of amides is 2. The molecule has 3 aliphatic rings. The molecule has 0 aromatic heterocycles. The first-order valence-electron chi connectivity index (χ1n) is 6.81. The minimum Gasteiger partial charge on any atom is -0.355 e. The molecule has 6 heteroatoms. The Labute approximate surface area is 130 Å². The Bertz CT molecular complexity index is 640. The molecule has 1 aromatic rings. The maximum atomic E-state index is 13.6. The van der Waals surface area contributed by atoms with E-state index in [2.05, 4.69) is 26.6 Å². The van der Waals surface area contributed by atoms with Gasteiger partial charge in [-0.3, -0.25) is 9.59 Å². The number of carbonyl (C=O) groups is 2. The van der Waals surface area contributed by atoms with Gasteiger partial charge in [0, 0.05) is 11.5 Å². The summed E-state index contributed by atoms with van der Waals surface area (Å²) in [5, 5.41) is 5.37. The molecule has 3 aliphatic carbocycles. The van der Waals surface area contributed by atoms with Crippen molar-refractivity contribution in [3.63, 3.8) is 0 Å². The molecule has 0 atom stereocenters. The van der Waals surface area contributed by atoms with Gasteiger partial charge in [-0.05, 0) is 59.8 Å². The number of hydrogen-bond donors (Lipinski definition) is 2. The molecule has 4 nitrogen and oxygen atoms in total. The van der Waals surface area contributed by atoms with E-state index in [-0.39, 0.29) is 11.8 Å². The summed E-state index contributed by atoms with van der Waals surface area (Å²) in [5.41, 5.74) is 0.0680. The van der Waals surface area contributed by atoms with Crippen molar-refractivity contribution in [3.05, 3.63) is 27.7 Å². The predicted molar refractivity (Wildman–Crippen MR) is 81.0 cm³/mol. The highest BCUT2D eigenvalue weighted by atomic mass is 79.9. The van der Waals surface area contributed by atoms with Crippen LogP contribution in [0, 0.1) is 12.3 Å². The molecule has 0 unspecified atom stereocenters. The van der Waals surface area contributed by atoms with Gasteiger partial charge in [-0.15, -0.1) is 0 Å². The van der Waals surface area contributed by atoms with Crippen LogP contribution in [-0.4, -0.2) is 24.5 Å². The lowest BCUT2D eigenvalue weighted by molar-refractivity contribution is -0.209. The fraction of sp³-hybridized carbons (Fsp3) is 0.467. The van der Waals surface area contributed by atoms with E-state index in [1.807, 2.05) is 13.0 Å². The summed E-state index contributed by atoms with van der Waals surface area (Å²) in [6.45, 7) is 1.87. The topological polar surface area (TPSA) is 58.2 Å². The smallest absolute Gasteiger partial charge is 0.253 e. The van der Waals surface area contributed by atoms with Crippen LogP contribution in [0.4, 0.5) is 10.1 Å². The number of nitrogens with one attached hydrogen (secondary N) is 2. The molecule has 2 N–H and O–H groups in total. The van der Waals surface area contributed by atoms with Gasteiger partial charge in [-0.1, -0.05) is 0 Å². The Hall–Kier alpha value is -1.43. The van der Waals surface area contributed by atoms with Crippen molar-refractivity contribution >= 4 is 33.4 Å². The maximum absolute atomic E-state index is 13.6. The first-order valence-corrected chi connectivity index (χ1v) is 7.61. The van der Waals surface area contributed by atoms with Crippen molar-refractivity contribution < 1.29 is 14.0 Å². The summed E-state index contributed by atoms with van der Waals surface area (Å²) in [5.74, 6) is -0.467. The van der Waals surface area contributed by atoms with E-state index in [1.165, 1.54) is 7.05 Å². The molecule has 2 bridgehead atoms. The second-order valence-corrected chi connectivity index (χ2v) is 7.02. The van der Waals surface area contributed by atoms with Crippen LogP contribution in [0.1, 0.15) is 35.2 Å². The highest BCUT2D eigenvalue weighted by molar-refractivity contribution is 9.10. The molecule has 0 saturated heterocycles. The fourth-order valence-corrected chi connectivity index (χ4v) is 4.01. The van der Waals surface area contributed by atoms with E-state index in [0.717, 1.165) is 5.56 Å². The number of anilines is 1. The van der Waals surface area contributed by atoms with E-state index in [4.69, 9.17) is 0 Å². The molecular weight excluding hydrogens is 339 g/mol. The molecule has 21 heavy (non-hydrogen) atoms. The third-order valence-corrected chi connectivity index (χ3v) is 5.02. The van der Waals surface area contributed by atoms with Crippen LogP contribution >= 0.6 is 15.9 Å². The Morgan fingerprint density at radius 1 is 1.29 bits per heavy atom. The lowest BCUT2D eigenvalue weighted by Crippen LogP contribution is -2.69. The van der Waals surface area contributed by atoms with Gasteiger partial charge in [-0.25, -0.2) is 4.39 Å². The standard InChI is InChI=1S/C15H16BrFN2O2/c1-8-3-9(12(20)18-2)11(10(16)4-8)19-13(21)14-5-15(17,6-14)7-14/h3-4H,5-7H2,1-2H3,(H,18,20)(H,19,21). The predicted octanol–water partition coefficient (Wildman–Crippen LogP) is 2.95. The Morgan fingerprint density at radius 3 is 2.43 bits per heavy atom. The second-order valence-electron chi connectivity index (χ2n) is 6.16. The largest absolute Gasteiger partial charge is 0.355 e. The average molecular weight is 355 g/mol. The van der Waals surface area contributed by atoms with E-state index >= 15 is 0 Å². The van der Waals surface area contributed by atoms with Crippen LogP contribution in [-0.2, 0) is 4.79 Å². The normalized spacial score (nSPS) is 29.1. The van der Waals surface area contributed by atoms with Gasteiger partial charge in [0.25, 0.3) is 5.91 Å². The highest BCUT2D eigenvalue weighted by Gasteiger charge is 2.72. The maximum Gasteiger partial charge on any atom is 0.253 e. The summed E-state index contributed by atoms with van der Waals surface area (Å²) in [6, 6.07) is 3.55. The highest BCUT2D eigenvalue weighted by Crippen LogP contribution is 2.69. The number of halogens is 2. The third-order valence-electron chi connectivity index (χ3n) is 4.39. The molecule has 3 saturated carbocycles. The number of rotatable bonds is 3. The van der Waals surface area contributed by atoms with Gasteiger partial charge in [0.05, 0.1) is 16.7 Å². The van der Waals surface area contributed by atoms with Gasteiger partial charge in [0.2, 0.25) is 5.91 Å². The minimum atomic E-state index is -1.12. The zero-order valence-electron chi connectivity index (χ0n) is 11.8. The molecule has 4 rings (SSSR count). The van der Waals surface area contributed by atoms with Crippen LogP contribution in [0.25, 0.3) is 0 Å². The van der Waals surface area contributed by atoms with Crippen LogP contribution in [0.5, 0.6) is 0 Å². The number of benzene rings is 1. The molecule has 0 radical (unpaired) electrons. The van der Waals surface area contributed by atoms with Crippen molar-refractivity contribution in [2.24, 2.45) is 5.41 Å². The van der Waals surface area contributed by atoms with E-state index in [0.29, 0.717) is 35.0 Å². The lowest BCUT2D eigenvalue weighted by atomic mass is 9.42. The molecule has 112 valence electrons. The van der Waals surface area contributed by atoms with Crippen molar-refractivity contribution in [1.82, 2.24) is 5.32 Å². The summed E-state index contributed by atoms with van der Waals surface area (Å²) in [6.07, 6.45) is 0.889. The number of carbonyl (C=O) groups excluding carboxylic acids is 2. The van der Waals surface area contributed by atoms with Gasteiger partial charge in [0.1, 0.15) is 5.67 Å². The summed E-state index contributed by atoms with van der Waals surface area (Å²) >= 11 is 3.39. The van der Waals surface area contributed by atoms with Crippen molar-refractivity contribution in [1.29, 1.82) is 0 Å². The van der Waals surface area contributed by atoms with Crippen LogP contribution in [0.15, 0.2) is 16.6 Å². The van der Waals surface area contributed by atoms with Crippen LogP contribution < -0.4 is 10.6 Å². The minimum absolute atomic E-state index is 0.197. The number of alkyl halides is 1. The Kier molecular flexibility index (Phi) is 3.13. The SMILES string of the molecule is CNC(=O)c1cc(C)cc(Br)c1NC(=O)C12CC(F)(C1)C2. The molecular formula is C15H16BrFN2O2. The molecule has 0 heterocycles. The first-order chi connectivity index (χ1) is 9.78. The van der Waals surface area contributed by atoms with Gasteiger partial charge in [0.15, 0.2) is 0 Å². The number of hydrogen-bond acceptors (Lipinski definition) is 2. The summed E-state index contributed by atoms with van der Waals surface area (Å²) in [7, 11) is 1.54. The molecule has 0 spiro atoms. The zero-order valence-corrected chi connectivity index (χ0v) is 13.4.